The second-order valence-electron chi connectivity index (χ2n) is 8.28. The molecular weight excluding hydrogens is 354 g/mol. The molecule has 0 aromatic carbocycles. The summed E-state index contributed by atoms with van der Waals surface area (Å²) in [4.78, 5) is 17.2. The molecule has 1 aromatic heterocycles. The van der Waals surface area contributed by atoms with Gasteiger partial charge in [0.1, 0.15) is 4.75 Å². The number of aliphatic hydroxyl groups excluding tert-OH is 1. The molecule has 1 aliphatic carbocycles. The number of aliphatic hydroxyl groups is 1. The molecule has 2 aliphatic rings. The van der Waals surface area contributed by atoms with Crippen LogP contribution in [-0.2, 0) is 24.4 Å². The molecule has 1 spiro atoms. The number of aromatic nitrogens is 1. The van der Waals surface area contributed by atoms with E-state index >= 15 is 0 Å². The molecule has 1 aliphatic heterocycles. The fourth-order valence-electron chi connectivity index (χ4n) is 3.89. The third-order valence-corrected chi connectivity index (χ3v) is 7.06. The molecule has 0 saturated carbocycles. The minimum atomic E-state index is -1.26. The quantitative estimate of drug-likeness (QED) is 0.691. The zero-order valence-corrected chi connectivity index (χ0v) is 16.3. The SMILES string of the molecule is CC(C)(C)[S+]([O-])N[C@@H]1c2cc(CO)cnc2CC12CCN(C(=O)O)CC2. The number of nitrogens with zero attached hydrogens (tertiary/aromatic N) is 2. The summed E-state index contributed by atoms with van der Waals surface area (Å²) >= 11 is -1.26. The minimum absolute atomic E-state index is 0.0881. The van der Waals surface area contributed by atoms with E-state index in [4.69, 9.17) is 0 Å². The summed E-state index contributed by atoms with van der Waals surface area (Å²) in [6.45, 7) is 6.62. The van der Waals surface area contributed by atoms with Gasteiger partial charge in [0.25, 0.3) is 0 Å². The Morgan fingerprint density at radius 3 is 2.65 bits per heavy atom. The van der Waals surface area contributed by atoms with Gasteiger partial charge in [0.05, 0.1) is 12.6 Å². The maximum Gasteiger partial charge on any atom is 0.407 e. The first-order valence-electron chi connectivity index (χ1n) is 8.91. The summed E-state index contributed by atoms with van der Waals surface area (Å²) in [5, 5.41) is 18.7. The normalized spacial score (nSPS) is 23.1. The highest BCUT2D eigenvalue weighted by molar-refractivity contribution is 7.90. The molecule has 0 bridgehead atoms. The molecular formula is C18H27N3O4S. The predicted molar refractivity (Wildman–Crippen MR) is 98.9 cm³/mol. The van der Waals surface area contributed by atoms with Crippen molar-refractivity contribution in [1.82, 2.24) is 14.6 Å². The van der Waals surface area contributed by atoms with E-state index in [1.54, 1.807) is 6.20 Å². The van der Waals surface area contributed by atoms with Crippen LogP contribution in [0.25, 0.3) is 0 Å². The number of carbonyl (C=O) groups is 1. The summed E-state index contributed by atoms with van der Waals surface area (Å²) in [5.74, 6) is 0. The number of nitrogens with one attached hydrogen (secondary N) is 1. The summed E-state index contributed by atoms with van der Waals surface area (Å²) in [6, 6.07) is 1.78. The van der Waals surface area contributed by atoms with Crippen LogP contribution in [0.1, 0.15) is 56.5 Å². The van der Waals surface area contributed by atoms with Gasteiger partial charge in [-0.2, -0.15) is 0 Å². The van der Waals surface area contributed by atoms with Gasteiger partial charge >= 0.3 is 6.09 Å². The van der Waals surface area contributed by atoms with Crippen molar-refractivity contribution in [2.24, 2.45) is 5.41 Å². The van der Waals surface area contributed by atoms with Crippen molar-refractivity contribution in [1.29, 1.82) is 0 Å². The van der Waals surface area contributed by atoms with Gasteiger partial charge in [-0.25, -0.2) is 4.79 Å². The zero-order chi connectivity index (χ0) is 19.1. The van der Waals surface area contributed by atoms with E-state index in [0.29, 0.717) is 25.9 Å². The topological polar surface area (TPSA) is 109 Å². The lowest BCUT2D eigenvalue weighted by Crippen LogP contribution is -2.50. The Morgan fingerprint density at radius 2 is 2.12 bits per heavy atom. The summed E-state index contributed by atoms with van der Waals surface area (Å²) < 4.78 is 15.7. The minimum Gasteiger partial charge on any atom is -0.598 e. The molecule has 144 valence electrons. The Morgan fingerprint density at radius 1 is 1.46 bits per heavy atom. The van der Waals surface area contributed by atoms with Gasteiger partial charge in [-0.15, -0.1) is 4.72 Å². The highest BCUT2D eigenvalue weighted by Gasteiger charge is 2.51. The number of piperidine rings is 1. The summed E-state index contributed by atoms with van der Waals surface area (Å²) in [7, 11) is 0. The highest BCUT2D eigenvalue weighted by Crippen LogP contribution is 2.52. The standard InChI is InChI=1S/C18H27N3O4S/c1-17(2,3)26(25)20-15-13-8-12(11-22)10-19-14(13)9-18(15)4-6-21(7-5-18)16(23)24/h8,10,15,20,22H,4-7,9,11H2,1-3H3,(H,23,24)/t15-,26?/m1/s1. The van der Waals surface area contributed by atoms with Crippen LogP contribution >= 0.6 is 0 Å². The molecule has 0 radical (unpaired) electrons. The first kappa shape index (κ1) is 19.4. The van der Waals surface area contributed by atoms with E-state index in [1.165, 1.54) is 4.90 Å². The van der Waals surface area contributed by atoms with Crippen molar-refractivity contribution in [3.8, 4) is 0 Å². The largest absolute Gasteiger partial charge is 0.598 e. The Hall–Kier alpha value is -1.35. The second-order valence-corrected chi connectivity index (χ2v) is 10.3. The lowest BCUT2D eigenvalue weighted by atomic mass is 9.73. The van der Waals surface area contributed by atoms with Crippen LogP contribution in [0, 0.1) is 5.41 Å². The van der Waals surface area contributed by atoms with E-state index in [1.807, 2.05) is 26.8 Å². The van der Waals surface area contributed by atoms with E-state index in [9.17, 15) is 19.6 Å². The van der Waals surface area contributed by atoms with Crippen molar-refractivity contribution in [2.45, 2.75) is 57.4 Å². The average Bonchev–Trinajstić information content (AvgIpc) is 2.87. The summed E-state index contributed by atoms with van der Waals surface area (Å²) in [6.07, 6.45) is 2.92. The molecule has 1 saturated heterocycles. The van der Waals surface area contributed by atoms with Crippen molar-refractivity contribution in [3.63, 3.8) is 0 Å². The van der Waals surface area contributed by atoms with Crippen LogP contribution in [0.2, 0.25) is 0 Å². The van der Waals surface area contributed by atoms with E-state index < -0.39 is 22.2 Å². The molecule has 8 heteroatoms. The second kappa shape index (κ2) is 6.99. The molecule has 3 rings (SSSR count). The number of fused-ring (bicyclic) bond motifs is 1. The zero-order valence-electron chi connectivity index (χ0n) is 15.5. The molecule has 2 atom stereocenters. The lowest BCUT2D eigenvalue weighted by molar-refractivity contribution is 0.0762. The van der Waals surface area contributed by atoms with Gasteiger partial charge in [-0.05, 0) is 57.2 Å². The molecule has 1 fully saturated rings. The first-order valence-corrected chi connectivity index (χ1v) is 10.1. The smallest absolute Gasteiger partial charge is 0.407 e. The predicted octanol–water partition coefficient (Wildman–Crippen LogP) is 1.98. The van der Waals surface area contributed by atoms with Gasteiger partial charge in [0.2, 0.25) is 0 Å². The fourth-order valence-corrected chi connectivity index (χ4v) is 4.83. The van der Waals surface area contributed by atoms with Gasteiger partial charge in [-0.3, -0.25) is 4.98 Å². The van der Waals surface area contributed by atoms with Crippen LogP contribution < -0.4 is 4.72 Å². The van der Waals surface area contributed by atoms with Crippen molar-refractivity contribution >= 4 is 17.5 Å². The van der Waals surface area contributed by atoms with Crippen molar-refractivity contribution in [3.05, 3.63) is 29.1 Å². The van der Waals surface area contributed by atoms with Gasteiger partial charge < -0.3 is 19.7 Å². The molecule has 2 heterocycles. The molecule has 1 aromatic rings. The van der Waals surface area contributed by atoms with E-state index in [2.05, 4.69) is 9.71 Å². The number of rotatable bonds is 3. The first-order chi connectivity index (χ1) is 12.2. The van der Waals surface area contributed by atoms with Crippen LogP contribution in [0.5, 0.6) is 0 Å². The van der Waals surface area contributed by atoms with Crippen LogP contribution in [0.15, 0.2) is 12.3 Å². The fraction of sp³-hybridized carbons (Fsp3) is 0.667. The Balaban J connectivity index is 1.92. The monoisotopic (exact) mass is 381 g/mol. The van der Waals surface area contributed by atoms with Crippen molar-refractivity contribution < 1.29 is 19.6 Å². The highest BCUT2D eigenvalue weighted by atomic mass is 32.2. The van der Waals surface area contributed by atoms with Gasteiger partial charge in [0.15, 0.2) is 0 Å². The maximum absolute atomic E-state index is 12.8. The third kappa shape index (κ3) is 3.55. The average molecular weight is 381 g/mol. The summed E-state index contributed by atoms with van der Waals surface area (Å²) in [5.41, 5.74) is 2.47. The van der Waals surface area contributed by atoms with Crippen molar-refractivity contribution in [2.75, 3.05) is 13.1 Å². The molecule has 1 unspecified atom stereocenters. The van der Waals surface area contributed by atoms with Gasteiger partial charge in [-0.1, -0.05) is 0 Å². The number of hydrogen-bond acceptors (Lipinski definition) is 5. The number of likely N-dealkylation sites (tertiary alicyclic amines) is 1. The number of carboxylic acid groups (broad SMARTS) is 1. The Bertz CT molecular complexity index is 684. The molecule has 26 heavy (non-hydrogen) atoms. The number of pyridine rings is 1. The lowest BCUT2D eigenvalue weighted by Gasteiger charge is -2.43. The van der Waals surface area contributed by atoms with Crippen LogP contribution in [0.4, 0.5) is 4.79 Å². The third-order valence-electron chi connectivity index (χ3n) is 5.50. The number of hydrogen-bond donors (Lipinski definition) is 3. The van der Waals surface area contributed by atoms with E-state index in [-0.39, 0.29) is 18.1 Å². The molecule has 3 N–H and O–H groups in total. The number of amides is 1. The van der Waals surface area contributed by atoms with Crippen LogP contribution in [0.3, 0.4) is 0 Å². The maximum atomic E-state index is 12.8. The molecule has 1 amide bonds. The van der Waals surface area contributed by atoms with Gasteiger partial charge in [0, 0.05) is 41.8 Å². The Kier molecular flexibility index (Phi) is 5.22. The Labute approximate surface area is 157 Å². The van der Waals surface area contributed by atoms with Crippen LogP contribution in [-0.4, -0.2) is 48.6 Å². The molecule has 7 nitrogen and oxygen atoms in total. The van der Waals surface area contributed by atoms with E-state index in [0.717, 1.165) is 23.2 Å².